The van der Waals surface area contributed by atoms with Crippen molar-refractivity contribution in [2.75, 3.05) is 23.4 Å². The fourth-order valence-electron chi connectivity index (χ4n) is 2.37. The zero-order chi connectivity index (χ0) is 16.3. The summed E-state index contributed by atoms with van der Waals surface area (Å²) in [4.78, 5) is 12.5. The van der Waals surface area contributed by atoms with Crippen molar-refractivity contribution in [2.45, 2.75) is 19.4 Å². The van der Waals surface area contributed by atoms with Crippen LogP contribution in [0.2, 0.25) is 0 Å². The number of hydrogen-bond donors (Lipinski definition) is 2. The molecular formula is C14H18N2O4S2. The van der Waals surface area contributed by atoms with E-state index in [0.717, 1.165) is 11.3 Å². The summed E-state index contributed by atoms with van der Waals surface area (Å²) in [7, 11) is -3.11. The van der Waals surface area contributed by atoms with Gasteiger partial charge in [-0.05, 0) is 37.7 Å². The van der Waals surface area contributed by atoms with Gasteiger partial charge in [-0.2, -0.15) is 0 Å². The van der Waals surface area contributed by atoms with Gasteiger partial charge in [0.2, 0.25) is 0 Å². The minimum Gasteiger partial charge on any atom is -0.480 e. The van der Waals surface area contributed by atoms with Crippen LogP contribution in [0.1, 0.15) is 12.0 Å². The van der Waals surface area contributed by atoms with Gasteiger partial charge in [0.15, 0.2) is 14.9 Å². The van der Waals surface area contributed by atoms with E-state index in [2.05, 4.69) is 5.32 Å². The zero-order valence-corrected chi connectivity index (χ0v) is 13.8. The topological polar surface area (TPSA) is 86.7 Å². The van der Waals surface area contributed by atoms with E-state index < -0.39 is 21.8 Å². The van der Waals surface area contributed by atoms with Crippen LogP contribution in [0.25, 0.3) is 0 Å². The second kappa shape index (κ2) is 6.62. The molecule has 1 fully saturated rings. The lowest BCUT2D eigenvalue weighted by atomic mass is 10.2. The summed E-state index contributed by atoms with van der Waals surface area (Å²) in [5.41, 5.74) is 1.84. The van der Waals surface area contributed by atoms with E-state index in [4.69, 9.17) is 17.3 Å². The van der Waals surface area contributed by atoms with Crippen molar-refractivity contribution in [3.63, 3.8) is 0 Å². The number of rotatable bonds is 4. The Morgan fingerprint density at radius 2 is 2.05 bits per heavy atom. The summed E-state index contributed by atoms with van der Waals surface area (Å²) >= 11 is 5.28. The number of anilines is 1. The van der Waals surface area contributed by atoms with Crippen LogP contribution in [0, 0.1) is 6.92 Å². The number of nitrogens with one attached hydrogen (secondary N) is 1. The number of carbonyl (C=O) groups is 1. The van der Waals surface area contributed by atoms with Crippen molar-refractivity contribution in [3.8, 4) is 0 Å². The Hall–Kier alpha value is -1.67. The fourth-order valence-corrected chi connectivity index (χ4v) is 4.43. The maximum absolute atomic E-state index is 11.6. The fraction of sp³-hybridized carbons (Fsp3) is 0.429. The largest absolute Gasteiger partial charge is 0.480 e. The molecule has 0 aliphatic carbocycles. The van der Waals surface area contributed by atoms with Gasteiger partial charge in [-0.15, -0.1) is 0 Å². The summed E-state index contributed by atoms with van der Waals surface area (Å²) in [6.07, 6.45) is 0.394. The van der Waals surface area contributed by atoms with Crippen molar-refractivity contribution in [3.05, 3.63) is 29.8 Å². The summed E-state index contributed by atoms with van der Waals surface area (Å²) < 4.78 is 23.2. The van der Waals surface area contributed by atoms with Gasteiger partial charge in [0, 0.05) is 11.7 Å². The van der Waals surface area contributed by atoms with Crippen molar-refractivity contribution in [2.24, 2.45) is 0 Å². The van der Waals surface area contributed by atoms with E-state index in [9.17, 15) is 13.2 Å². The maximum Gasteiger partial charge on any atom is 0.323 e. The number of benzene rings is 1. The number of thiocarbonyl (C=S) groups is 1. The van der Waals surface area contributed by atoms with E-state index in [1.807, 2.05) is 31.2 Å². The first kappa shape index (κ1) is 16.7. The first-order valence-corrected chi connectivity index (χ1v) is 9.06. The van der Waals surface area contributed by atoms with Crippen LogP contribution >= 0.6 is 12.2 Å². The normalized spacial score (nSPS) is 19.6. The number of sulfone groups is 1. The highest BCUT2D eigenvalue weighted by Gasteiger charge is 2.34. The molecule has 1 saturated heterocycles. The first-order valence-electron chi connectivity index (χ1n) is 6.83. The van der Waals surface area contributed by atoms with Gasteiger partial charge in [-0.1, -0.05) is 17.7 Å². The minimum absolute atomic E-state index is 0.0595. The van der Waals surface area contributed by atoms with E-state index in [0.29, 0.717) is 6.42 Å². The third kappa shape index (κ3) is 4.41. The third-order valence-electron chi connectivity index (χ3n) is 3.52. The predicted molar refractivity (Wildman–Crippen MR) is 88.8 cm³/mol. The van der Waals surface area contributed by atoms with Gasteiger partial charge in [0.25, 0.3) is 0 Å². The number of aliphatic carboxylic acids is 1. The van der Waals surface area contributed by atoms with Gasteiger partial charge in [-0.25, -0.2) is 8.42 Å². The standard InChI is InChI=1S/C14H18N2O4S2/c1-10-2-4-11(5-3-10)15-14(21)16(8-13(17)18)12-6-7-22(19,20)9-12/h2-5,12H,6-9H2,1H3,(H,15,21)(H,17,18)/t12-/m1/s1. The second-order valence-corrected chi connectivity index (χ2v) is 7.99. The first-order chi connectivity index (χ1) is 10.3. The molecule has 0 saturated carbocycles. The van der Waals surface area contributed by atoms with Gasteiger partial charge in [0.1, 0.15) is 6.54 Å². The Bertz CT molecular complexity index is 671. The molecule has 0 aromatic heterocycles. The van der Waals surface area contributed by atoms with Crippen LogP contribution in [-0.4, -0.2) is 53.6 Å². The molecule has 0 spiro atoms. The van der Waals surface area contributed by atoms with Gasteiger partial charge in [0.05, 0.1) is 11.5 Å². The van der Waals surface area contributed by atoms with Crippen LogP contribution in [0.3, 0.4) is 0 Å². The van der Waals surface area contributed by atoms with E-state index >= 15 is 0 Å². The summed E-state index contributed by atoms with van der Waals surface area (Å²) in [6, 6.07) is 7.10. The number of nitrogens with zero attached hydrogens (tertiary/aromatic N) is 1. The second-order valence-electron chi connectivity index (χ2n) is 5.37. The van der Waals surface area contributed by atoms with Crippen LogP contribution in [0.15, 0.2) is 24.3 Å². The molecule has 1 atom stereocenters. The molecule has 8 heteroatoms. The molecule has 2 N–H and O–H groups in total. The average Bonchev–Trinajstić information content (AvgIpc) is 2.78. The molecule has 1 aliphatic rings. The van der Waals surface area contributed by atoms with Gasteiger partial charge in [-0.3, -0.25) is 4.79 Å². The number of carboxylic acids is 1. The monoisotopic (exact) mass is 342 g/mol. The lowest BCUT2D eigenvalue weighted by Gasteiger charge is -2.29. The SMILES string of the molecule is Cc1ccc(NC(=S)N(CC(=O)O)[C@@H]2CCS(=O)(=O)C2)cc1. The highest BCUT2D eigenvalue weighted by Crippen LogP contribution is 2.19. The molecule has 1 aromatic carbocycles. The van der Waals surface area contributed by atoms with Crippen molar-refractivity contribution in [1.82, 2.24) is 4.90 Å². The smallest absolute Gasteiger partial charge is 0.323 e. The van der Waals surface area contributed by atoms with Crippen molar-refractivity contribution >= 4 is 38.8 Å². The predicted octanol–water partition coefficient (Wildman–Crippen LogP) is 1.27. The summed E-state index contributed by atoms with van der Waals surface area (Å²) in [5.74, 6) is -1.03. The molecule has 0 unspecified atom stereocenters. The Kier molecular flexibility index (Phi) is 5.02. The summed E-state index contributed by atoms with van der Waals surface area (Å²) in [6.45, 7) is 1.64. The molecule has 0 bridgehead atoms. The molecule has 6 nitrogen and oxygen atoms in total. The number of aryl methyl sites for hydroxylation is 1. The third-order valence-corrected chi connectivity index (χ3v) is 5.61. The van der Waals surface area contributed by atoms with Crippen molar-refractivity contribution < 1.29 is 18.3 Å². The Labute approximate surface area is 135 Å². The number of hydrogen-bond acceptors (Lipinski definition) is 4. The van der Waals surface area contributed by atoms with Crippen LogP contribution in [0.4, 0.5) is 5.69 Å². The maximum atomic E-state index is 11.6. The minimum atomic E-state index is -3.11. The van der Waals surface area contributed by atoms with E-state index in [-0.39, 0.29) is 23.2 Å². The summed E-state index contributed by atoms with van der Waals surface area (Å²) in [5, 5.41) is 12.3. The molecule has 2 rings (SSSR count). The molecule has 1 aromatic rings. The molecule has 0 radical (unpaired) electrons. The zero-order valence-electron chi connectivity index (χ0n) is 12.2. The van der Waals surface area contributed by atoms with Crippen molar-refractivity contribution in [1.29, 1.82) is 0 Å². The Morgan fingerprint density at radius 3 is 2.55 bits per heavy atom. The lowest BCUT2D eigenvalue weighted by Crippen LogP contribution is -2.46. The molecule has 120 valence electrons. The van der Waals surface area contributed by atoms with E-state index in [1.54, 1.807) is 0 Å². The molecule has 1 heterocycles. The Morgan fingerprint density at radius 1 is 1.41 bits per heavy atom. The van der Waals surface area contributed by atoms with Crippen LogP contribution in [0.5, 0.6) is 0 Å². The molecular weight excluding hydrogens is 324 g/mol. The quantitative estimate of drug-likeness (QED) is 0.797. The highest BCUT2D eigenvalue weighted by atomic mass is 32.2. The van der Waals surface area contributed by atoms with Gasteiger partial charge < -0.3 is 15.3 Å². The molecule has 22 heavy (non-hydrogen) atoms. The molecule has 1 aliphatic heterocycles. The van der Waals surface area contributed by atoms with E-state index in [1.165, 1.54) is 4.90 Å². The average molecular weight is 342 g/mol. The molecule has 0 amide bonds. The lowest BCUT2D eigenvalue weighted by molar-refractivity contribution is -0.137. The van der Waals surface area contributed by atoms with Gasteiger partial charge >= 0.3 is 5.97 Å². The number of carboxylic acid groups (broad SMARTS) is 1. The van der Waals surface area contributed by atoms with Crippen LogP contribution < -0.4 is 5.32 Å². The highest BCUT2D eigenvalue weighted by molar-refractivity contribution is 7.91. The Balaban J connectivity index is 2.12. The van der Waals surface area contributed by atoms with Crippen LogP contribution in [-0.2, 0) is 14.6 Å².